The van der Waals surface area contributed by atoms with Crippen LogP contribution in [0.25, 0.3) is 0 Å². The van der Waals surface area contributed by atoms with E-state index in [4.69, 9.17) is 0 Å². The van der Waals surface area contributed by atoms with Gasteiger partial charge in [0.1, 0.15) is 6.17 Å². The lowest BCUT2D eigenvalue weighted by atomic mass is 9.99. The van der Waals surface area contributed by atoms with E-state index in [1.54, 1.807) is 18.9 Å². The SMILES string of the molecule is C=CN(C)[C@H](C)C[C@@H](F)C(C)C(F)(F)F. The smallest absolute Gasteiger partial charge is 0.378 e. The van der Waals surface area contributed by atoms with E-state index >= 15 is 0 Å². The van der Waals surface area contributed by atoms with Crippen LogP contribution in [-0.2, 0) is 0 Å². The molecule has 0 fully saturated rings. The molecule has 0 saturated heterocycles. The van der Waals surface area contributed by atoms with Crippen LogP contribution >= 0.6 is 0 Å². The molecule has 0 bridgehead atoms. The second kappa shape index (κ2) is 5.37. The van der Waals surface area contributed by atoms with Crippen molar-refractivity contribution < 1.29 is 17.6 Å². The highest BCUT2D eigenvalue weighted by Gasteiger charge is 2.42. The highest BCUT2D eigenvalue weighted by atomic mass is 19.4. The molecule has 0 aromatic rings. The zero-order chi connectivity index (χ0) is 12.2. The van der Waals surface area contributed by atoms with E-state index < -0.39 is 18.3 Å². The van der Waals surface area contributed by atoms with Crippen LogP contribution in [-0.4, -0.2) is 30.3 Å². The minimum atomic E-state index is -4.47. The van der Waals surface area contributed by atoms with Crippen molar-refractivity contribution in [1.82, 2.24) is 4.90 Å². The number of alkyl halides is 4. The van der Waals surface area contributed by atoms with Gasteiger partial charge in [-0.15, -0.1) is 0 Å². The number of halogens is 4. The van der Waals surface area contributed by atoms with Gasteiger partial charge in [0.25, 0.3) is 0 Å². The summed E-state index contributed by atoms with van der Waals surface area (Å²) in [6.07, 6.45) is -5.02. The lowest BCUT2D eigenvalue weighted by Gasteiger charge is -2.27. The van der Waals surface area contributed by atoms with Gasteiger partial charge in [0.05, 0.1) is 5.92 Å². The molecule has 0 aliphatic heterocycles. The van der Waals surface area contributed by atoms with Gasteiger partial charge < -0.3 is 4.90 Å². The Morgan fingerprint density at radius 1 is 1.33 bits per heavy atom. The average Bonchev–Trinajstić information content (AvgIpc) is 2.13. The minimum absolute atomic E-state index is 0.150. The van der Waals surface area contributed by atoms with E-state index in [9.17, 15) is 17.6 Å². The summed E-state index contributed by atoms with van der Waals surface area (Å²) in [6.45, 7) is 5.99. The third kappa shape index (κ3) is 4.53. The minimum Gasteiger partial charge on any atom is -0.378 e. The second-order valence-corrected chi connectivity index (χ2v) is 3.78. The maximum absolute atomic E-state index is 13.3. The zero-order valence-electron chi connectivity index (χ0n) is 9.18. The van der Waals surface area contributed by atoms with Crippen LogP contribution in [0.3, 0.4) is 0 Å². The molecule has 5 heteroatoms. The first-order chi connectivity index (χ1) is 6.70. The molecule has 3 atom stereocenters. The molecule has 0 aliphatic rings. The Kier molecular flexibility index (Phi) is 5.11. The van der Waals surface area contributed by atoms with Gasteiger partial charge in [0.15, 0.2) is 0 Å². The van der Waals surface area contributed by atoms with Crippen molar-refractivity contribution in [3.05, 3.63) is 12.8 Å². The molecule has 0 aliphatic carbocycles. The van der Waals surface area contributed by atoms with Crippen LogP contribution in [0.1, 0.15) is 20.3 Å². The van der Waals surface area contributed by atoms with Crippen LogP contribution in [0.4, 0.5) is 17.6 Å². The molecule has 0 amide bonds. The fraction of sp³-hybridized carbons (Fsp3) is 0.800. The Balaban J connectivity index is 4.24. The monoisotopic (exact) mass is 227 g/mol. The number of nitrogens with zero attached hydrogens (tertiary/aromatic N) is 1. The van der Waals surface area contributed by atoms with Gasteiger partial charge in [-0.2, -0.15) is 13.2 Å². The fourth-order valence-corrected chi connectivity index (χ4v) is 1.08. The van der Waals surface area contributed by atoms with Gasteiger partial charge in [-0.1, -0.05) is 13.5 Å². The van der Waals surface area contributed by atoms with Crippen LogP contribution in [0, 0.1) is 5.92 Å². The van der Waals surface area contributed by atoms with Crippen molar-refractivity contribution in [2.45, 2.75) is 38.7 Å². The fourth-order valence-electron chi connectivity index (χ4n) is 1.08. The lowest BCUT2D eigenvalue weighted by Crippen LogP contribution is -2.34. The van der Waals surface area contributed by atoms with Gasteiger partial charge in [0.2, 0.25) is 0 Å². The Labute approximate surface area is 87.8 Å². The van der Waals surface area contributed by atoms with Gasteiger partial charge in [-0.05, 0) is 19.5 Å². The van der Waals surface area contributed by atoms with Crippen molar-refractivity contribution in [2.75, 3.05) is 7.05 Å². The molecule has 1 unspecified atom stereocenters. The summed E-state index contributed by atoms with van der Waals surface area (Å²) < 4.78 is 49.7. The second-order valence-electron chi connectivity index (χ2n) is 3.78. The molecule has 90 valence electrons. The Hall–Kier alpha value is -0.740. The molecular weight excluding hydrogens is 210 g/mol. The van der Waals surface area contributed by atoms with Crippen molar-refractivity contribution in [1.29, 1.82) is 0 Å². The van der Waals surface area contributed by atoms with E-state index in [1.165, 1.54) is 6.20 Å². The highest BCUT2D eigenvalue weighted by Crippen LogP contribution is 2.32. The van der Waals surface area contributed by atoms with E-state index in [0.29, 0.717) is 0 Å². The number of rotatable bonds is 5. The first-order valence-corrected chi connectivity index (χ1v) is 4.75. The molecule has 0 heterocycles. The Morgan fingerprint density at radius 2 is 1.80 bits per heavy atom. The predicted octanol–water partition coefficient (Wildman–Crippen LogP) is 3.38. The van der Waals surface area contributed by atoms with Gasteiger partial charge in [-0.25, -0.2) is 4.39 Å². The molecule has 0 aromatic heterocycles. The van der Waals surface area contributed by atoms with Crippen molar-refractivity contribution in [3.63, 3.8) is 0 Å². The summed E-state index contributed by atoms with van der Waals surface area (Å²) in [5.41, 5.74) is 0. The van der Waals surface area contributed by atoms with Crippen LogP contribution in [0.2, 0.25) is 0 Å². The summed E-state index contributed by atoms with van der Waals surface area (Å²) in [6, 6.07) is -0.290. The maximum atomic E-state index is 13.3. The normalized spacial score (nSPS) is 18.1. The highest BCUT2D eigenvalue weighted by molar-refractivity contribution is 4.80. The van der Waals surface area contributed by atoms with Crippen molar-refractivity contribution in [3.8, 4) is 0 Å². The summed E-state index contributed by atoms with van der Waals surface area (Å²) in [4.78, 5) is 1.59. The number of hydrogen-bond donors (Lipinski definition) is 0. The maximum Gasteiger partial charge on any atom is 0.394 e. The molecular formula is C10H17F4N. The molecule has 0 saturated carbocycles. The largest absolute Gasteiger partial charge is 0.394 e. The van der Waals surface area contributed by atoms with Crippen molar-refractivity contribution >= 4 is 0 Å². The molecule has 0 radical (unpaired) electrons. The van der Waals surface area contributed by atoms with E-state index in [1.807, 2.05) is 0 Å². The average molecular weight is 227 g/mol. The topological polar surface area (TPSA) is 3.24 Å². The Morgan fingerprint density at radius 3 is 2.13 bits per heavy atom. The van der Waals surface area contributed by atoms with Crippen LogP contribution in [0.5, 0.6) is 0 Å². The van der Waals surface area contributed by atoms with Crippen LogP contribution in [0.15, 0.2) is 12.8 Å². The van der Waals surface area contributed by atoms with Crippen molar-refractivity contribution in [2.24, 2.45) is 5.92 Å². The van der Waals surface area contributed by atoms with Gasteiger partial charge in [0, 0.05) is 13.1 Å². The summed E-state index contributed by atoms with van der Waals surface area (Å²) in [5, 5.41) is 0. The first kappa shape index (κ1) is 14.3. The molecule has 0 rings (SSSR count). The van der Waals surface area contributed by atoms with E-state index in [2.05, 4.69) is 6.58 Å². The third-order valence-corrected chi connectivity index (χ3v) is 2.61. The Bertz CT molecular complexity index is 202. The molecule has 1 nitrogen and oxygen atoms in total. The molecule has 15 heavy (non-hydrogen) atoms. The summed E-state index contributed by atoms with van der Waals surface area (Å²) >= 11 is 0. The standard InChI is InChI=1S/C10H17F4N/c1-5-15(4)7(2)6-9(11)8(3)10(12,13)14/h5,7-9H,1,6H2,2-4H3/t7-,8?,9-/m1/s1. The first-order valence-electron chi connectivity index (χ1n) is 4.75. The van der Waals surface area contributed by atoms with Gasteiger partial charge >= 0.3 is 6.18 Å². The molecule has 0 aromatic carbocycles. The van der Waals surface area contributed by atoms with Gasteiger partial charge in [-0.3, -0.25) is 0 Å². The third-order valence-electron chi connectivity index (χ3n) is 2.61. The lowest BCUT2D eigenvalue weighted by molar-refractivity contribution is -0.186. The summed E-state index contributed by atoms with van der Waals surface area (Å²) in [5.74, 6) is -1.92. The van der Waals surface area contributed by atoms with Crippen LogP contribution < -0.4 is 0 Å². The van der Waals surface area contributed by atoms with E-state index in [0.717, 1.165) is 6.92 Å². The van der Waals surface area contributed by atoms with E-state index in [-0.39, 0.29) is 12.5 Å². The predicted molar refractivity (Wildman–Crippen MR) is 52.2 cm³/mol. The zero-order valence-corrected chi connectivity index (χ0v) is 9.18. The summed E-state index contributed by atoms with van der Waals surface area (Å²) in [7, 11) is 1.66. The quantitative estimate of drug-likeness (QED) is 0.651. The molecule has 0 spiro atoms. The number of hydrogen-bond acceptors (Lipinski definition) is 1. The molecule has 0 N–H and O–H groups in total.